The minimum absolute atomic E-state index is 0.0357. The van der Waals surface area contributed by atoms with Gasteiger partial charge in [-0.1, -0.05) is 17.7 Å². The van der Waals surface area contributed by atoms with Crippen LogP contribution in [0.3, 0.4) is 0 Å². The Morgan fingerprint density at radius 3 is 2.24 bits per heavy atom. The van der Waals surface area contributed by atoms with E-state index in [9.17, 15) is 26.0 Å². The number of nitrogens with one attached hydrogen (secondary N) is 2. The summed E-state index contributed by atoms with van der Waals surface area (Å²) in [5.74, 6) is -1.36. The lowest BCUT2D eigenvalue weighted by atomic mass is 10.2. The maximum Gasteiger partial charge on any atom is 0.419 e. The van der Waals surface area contributed by atoms with Gasteiger partial charge in [-0.05, 0) is 37.3 Å². The summed E-state index contributed by atoms with van der Waals surface area (Å²) < 4.78 is 77.5. The van der Waals surface area contributed by atoms with Crippen LogP contribution in [0, 0.1) is 12.7 Å². The van der Waals surface area contributed by atoms with Crippen LogP contribution in [0.1, 0.15) is 11.1 Å². The molecule has 0 aliphatic carbocycles. The van der Waals surface area contributed by atoms with Crippen molar-refractivity contribution in [2.75, 3.05) is 18.4 Å². The molecular weight excluding hydrogens is 360 g/mol. The lowest BCUT2D eigenvalue weighted by Crippen LogP contribution is -2.29. The summed E-state index contributed by atoms with van der Waals surface area (Å²) in [5.41, 5.74) is -0.418. The Bertz CT molecular complexity index is 834. The molecule has 0 unspecified atom stereocenters. The minimum atomic E-state index is -4.80. The van der Waals surface area contributed by atoms with Crippen LogP contribution < -0.4 is 10.0 Å². The standard InChI is InChI=1S/C16H16F4N2O2S/c1-11-2-5-13(6-3-11)25(23,24)22-9-8-21-12-4-7-15(17)14(10-12)16(18,19)20/h2-7,10,21-22H,8-9H2,1H3. The summed E-state index contributed by atoms with van der Waals surface area (Å²) in [6.45, 7) is 1.81. The molecule has 0 aliphatic heterocycles. The van der Waals surface area contributed by atoms with Gasteiger partial charge in [-0.3, -0.25) is 0 Å². The summed E-state index contributed by atoms with van der Waals surface area (Å²) in [6, 6.07) is 8.74. The lowest BCUT2D eigenvalue weighted by Gasteiger charge is -2.12. The zero-order chi connectivity index (χ0) is 18.7. The quantitative estimate of drug-likeness (QED) is 0.599. The van der Waals surface area contributed by atoms with Crippen molar-refractivity contribution in [1.29, 1.82) is 0 Å². The molecule has 2 aromatic carbocycles. The van der Waals surface area contributed by atoms with Gasteiger partial charge in [0.25, 0.3) is 0 Å². The van der Waals surface area contributed by atoms with Crippen LogP contribution in [-0.2, 0) is 16.2 Å². The van der Waals surface area contributed by atoms with E-state index < -0.39 is 27.6 Å². The van der Waals surface area contributed by atoms with E-state index in [1.54, 1.807) is 12.1 Å². The Kier molecular flexibility index (Phi) is 5.69. The van der Waals surface area contributed by atoms with Crippen LogP contribution in [0.4, 0.5) is 23.2 Å². The summed E-state index contributed by atoms with van der Waals surface area (Å²) in [5, 5.41) is 2.62. The second kappa shape index (κ2) is 7.40. The molecule has 0 bridgehead atoms. The largest absolute Gasteiger partial charge is 0.419 e. The molecule has 0 radical (unpaired) electrons. The second-order valence-electron chi connectivity index (χ2n) is 5.33. The molecule has 2 rings (SSSR count). The van der Waals surface area contributed by atoms with Crippen LogP contribution in [0.15, 0.2) is 47.4 Å². The third-order valence-electron chi connectivity index (χ3n) is 3.35. The van der Waals surface area contributed by atoms with Crippen LogP contribution in [0.2, 0.25) is 0 Å². The van der Waals surface area contributed by atoms with Crippen molar-refractivity contribution in [3.8, 4) is 0 Å². The van der Waals surface area contributed by atoms with E-state index in [0.29, 0.717) is 12.1 Å². The zero-order valence-corrected chi connectivity index (χ0v) is 14.0. The monoisotopic (exact) mass is 376 g/mol. The molecular formula is C16H16F4N2O2S. The highest BCUT2D eigenvalue weighted by Crippen LogP contribution is 2.32. The van der Waals surface area contributed by atoms with Gasteiger partial charge in [0.05, 0.1) is 10.5 Å². The molecule has 0 fully saturated rings. The van der Waals surface area contributed by atoms with Crippen molar-refractivity contribution in [2.24, 2.45) is 0 Å². The van der Waals surface area contributed by atoms with Crippen LogP contribution in [0.25, 0.3) is 0 Å². The molecule has 2 aromatic rings. The fourth-order valence-electron chi connectivity index (χ4n) is 2.05. The predicted molar refractivity (Wildman–Crippen MR) is 86.3 cm³/mol. The number of aryl methyl sites for hydroxylation is 1. The van der Waals surface area contributed by atoms with Gasteiger partial charge in [-0.25, -0.2) is 17.5 Å². The number of hydrogen-bond donors (Lipinski definition) is 2. The van der Waals surface area contributed by atoms with E-state index in [0.717, 1.165) is 11.6 Å². The topological polar surface area (TPSA) is 58.2 Å². The highest BCUT2D eigenvalue weighted by Gasteiger charge is 2.34. The smallest absolute Gasteiger partial charge is 0.384 e. The summed E-state index contributed by atoms with van der Waals surface area (Å²) in [4.78, 5) is 0.0965. The van der Waals surface area contributed by atoms with Crippen LogP contribution in [-0.4, -0.2) is 21.5 Å². The van der Waals surface area contributed by atoms with E-state index in [1.165, 1.54) is 12.1 Å². The third-order valence-corrected chi connectivity index (χ3v) is 4.83. The molecule has 0 saturated carbocycles. The van der Waals surface area contributed by atoms with Gasteiger partial charge < -0.3 is 5.32 Å². The van der Waals surface area contributed by atoms with Crippen molar-refractivity contribution >= 4 is 15.7 Å². The minimum Gasteiger partial charge on any atom is -0.384 e. The number of halogens is 4. The number of alkyl halides is 3. The van der Waals surface area contributed by atoms with E-state index in [1.807, 2.05) is 6.92 Å². The average Bonchev–Trinajstić information content (AvgIpc) is 2.52. The fourth-order valence-corrected chi connectivity index (χ4v) is 3.08. The third kappa shape index (κ3) is 5.17. The number of hydrogen-bond acceptors (Lipinski definition) is 3. The predicted octanol–water partition coefficient (Wildman–Crippen LogP) is 3.54. The SMILES string of the molecule is Cc1ccc(S(=O)(=O)NCCNc2ccc(F)c(C(F)(F)F)c2)cc1. The van der Waals surface area contributed by atoms with E-state index >= 15 is 0 Å². The van der Waals surface area contributed by atoms with Crippen LogP contribution >= 0.6 is 0 Å². The first-order valence-corrected chi connectivity index (χ1v) is 8.75. The summed E-state index contributed by atoms with van der Waals surface area (Å²) in [6.07, 6.45) is -4.80. The molecule has 0 aliphatic rings. The zero-order valence-electron chi connectivity index (χ0n) is 13.2. The van der Waals surface area contributed by atoms with Gasteiger partial charge in [0.2, 0.25) is 10.0 Å². The average molecular weight is 376 g/mol. The van der Waals surface area contributed by atoms with Gasteiger partial charge in [0, 0.05) is 18.8 Å². The first kappa shape index (κ1) is 19.2. The second-order valence-corrected chi connectivity index (χ2v) is 7.10. The molecule has 0 amide bonds. The fraction of sp³-hybridized carbons (Fsp3) is 0.250. The van der Waals surface area contributed by atoms with E-state index in [4.69, 9.17) is 0 Å². The van der Waals surface area contributed by atoms with Gasteiger partial charge in [0.1, 0.15) is 5.82 Å². The molecule has 9 heteroatoms. The van der Waals surface area contributed by atoms with Gasteiger partial charge in [-0.15, -0.1) is 0 Å². The first-order valence-electron chi connectivity index (χ1n) is 7.26. The number of benzene rings is 2. The highest BCUT2D eigenvalue weighted by molar-refractivity contribution is 7.89. The molecule has 0 heterocycles. The molecule has 25 heavy (non-hydrogen) atoms. The molecule has 136 valence electrons. The number of rotatable bonds is 6. The molecule has 0 saturated heterocycles. The first-order chi connectivity index (χ1) is 11.6. The van der Waals surface area contributed by atoms with Crippen molar-refractivity contribution in [1.82, 2.24) is 4.72 Å². The highest BCUT2D eigenvalue weighted by atomic mass is 32.2. The van der Waals surface area contributed by atoms with Gasteiger partial charge in [-0.2, -0.15) is 13.2 Å². The molecule has 0 spiro atoms. The molecule has 0 aromatic heterocycles. The van der Waals surface area contributed by atoms with E-state index in [-0.39, 0.29) is 23.7 Å². The maximum atomic E-state index is 13.2. The Morgan fingerprint density at radius 1 is 1.00 bits per heavy atom. The Hall–Kier alpha value is -2.13. The van der Waals surface area contributed by atoms with Crippen molar-refractivity contribution < 1.29 is 26.0 Å². The summed E-state index contributed by atoms with van der Waals surface area (Å²) >= 11 is 0. The van der Waals surface area contributed by atoms with E-state index in [2.05, 4.69) is 10.0 Å². The van der Waals surface area contributed by atoms with Gasteiger partial charge in [0.15, 0.2) is 0 Å². The molecule has 4 nitrogen and oxygen atoms in total. The maximum absolute atomic E-state index is 13.2. The molecule has 0 atom stereocenters. The van der Waals surface area contributed by atoms with Crippen LogP contribution in [0.5, 0.6) is 0 Å². The summed E-state index contributed by atoms with van der Waals surface area (Å²) in [7, 11) is -3.70. The normalized spacial score (nSPS) is 12.2. The molecule has 2 N–H and O–H groups in total. The number of sulfonamides is 1. The van der Waals surface area contributed by atoms with Gasteiger partial charge >= 0.3 is 6.18 Å². The Balaban J connectivity index is 1.94. The lowest BCUT2D eigenvalue weighted by molar-refractivity contribution is -0.139. The van der Waals surface area contributed by atoms with Crippen molar-refractivity contribution in [2.45, 2.75) is 18.0 Å². The Morgan fingerprint density at radius 2 is 1.64 bits per heavy atom. The van der Waals surface area contributed by atoms with Crippen molar-refractivity contribution in [3.05, 3.63) is 59.4 Å². The Labute approximate surface area is 142 Å². The van der Waals surface area contributed by atoms with Crippen molar-refractivity contribution in [3.63, 3.8) is 0 Å². The number of anilines is 1.